The Hall–Kier alpha value is -5.42. The van der Waals surface area contributed by atoms with Gasteiger partial charge in [0, 0.05) is 22.6 Å². The number of furan rings is 1. The Balaban J connectivity index is 1.50. The average molecular weight is 514 g/mol. The summed E-state index contributed by atoms with van der Waals surface area (Å²) in [6.45, 7) is 3.99. The SMILES string of the molecule is COc1cccc2oc(-c3nc4ccccc4c(=O)n3N=Cc3cc(C)n(-c4ccc(C#N)cc4)c3C)cc12. The number of para-hydroxylation sites is 1. The summed E-state index contributed by atoms with van der Waals surface area (Å²) in [5.41, 5.74) is 5.18. The number of nitrogens with zero attached hydrogens (tertiary/aromatic N) is 5. The van der Waals surface area contributed by atoms with Crippen LogP contribution in [0.2, 0.25) is 0 Å². The van der Waals surface area contributed by atoms with Crippen LogP contribution in [0.25, 0.3) is 39.1 Å². The molecule has 0 aliphatic heterocycles. The van der Waals surface area contributed by atoms with Gasteiger partial charge in [0.25, 0.3) is 5.56 Å². The van der Waals surface area contributed by atoms with Gasteiger partial charge in [-0.25, -0.2) is 4.98 Å². The van der Waals surface area contributed by atoms with Crippen LogP contribution in [-0.4, -0.2) is 27.6 Å². The highest BCUT2D eigenvalue weighted by molar-refractivity contribution is 5.89. The van der Waals surface area contributed by atoms with Gasteiger partial charge in [-0.3, -0.25) is 4.79 Å². The van der Waals surface area contributed by atoms with Crippen molar-refractivity contribution in [2.24, 2.45) is 5.10 Å². The summed E-state index contributed by atoms with van der Waals surface area (Å²) in [5, 5.41) is 15.0. The van der Waals surface area contributed by atoms with E-state index in [1.165, 1.54) is 4.68 Å². The van der Waals surface area contributed by atoms with Gasteiger partial charge in [0.2, 0.25) is 5.82 Å². The molecule has 3 aromatic carbocycles. The number of hydrogen-bond donors (Lipinski definition) is 0. The highest BCUT2D eigenvalue weighted by Crippen LogP contribution is 2.33. The molecule has 6 rings (SSSR count). The first-order valence-electron chi connectivity index (χ1n) is 12.3. The maximum absolute atomic E-state index is 13.6. The van der Waals surface area contributed by atoms with Crippen molar-refractivity contribution in [3.8, 4) is 29.1 Å². The summed E-state index contributed by atoms with van der Waals surface area (Å²) in [6, 6.07) is 26.1. The first-order chi connectivity index (χ1) is 19.0. The quantitative estimate of drug-likeness (QED) is 0.264. The number of rotatable bonds is 5. The summed E-state index contributed by atoms with van der Waals surface area (Å²) in [7, 11) is 1.60. The molecule has 0 fully saturated rings. The number of nitriles is 1. The van der Waals surface area contributed by atoms with E-state index in [9.17, 15) is 4.79 Å². The zero-order chi connectivity index (χ0) is 27.1. The van der Waals surface area contributed by atoms with Gasteiger partial charge in [-0.2, -0.15) is 15.0 Å². The van der Waals surface area contributed by atoms with Gasteiger partial charge in [0.05, 0.1) is 41.2 Å². The van der Waals surface area contributed by atoms with Crippen LogP contribution < -0.4 is 10.3 Å². The van der Waals surface area contributed by atoms with Gasteiger partial charge in [0.1, 0.15) is 11.3 Å². The third-order valence-corrected chi connectivity index (χ3v) is 6.75. The van der Waals surface area contributed by atoms with Crippen molar-refractivity contribution in [1.82, 2.24) is 14.2 Å². The molecule has 190 valence electrons. The normalized spacial score (nSPS) is 11.4. The van der Waals surface area contributed by atoms with Gasteiger partial charge in [0.15, 0.2) is 5.76 Å². The van der Waals surface area contributed by atoms with Gasteiger partial charge < -0.3 is 13.7 Å². The van der Waals surface area contributed by atoms with Gasteiger partial charge in [-0.15, -0.1) is 0 Å². The van der Waals surface area contributed by atoms with Crippen molar-refractivity contribution >= 4 is 28.1 Å². The van der Waals surface area contributed by atoms with Crippen LogP contribution in [0.15, 0.2) is 93.2 Å². The van der Waals surface area contributed by atoms with E-state index in [-0.39, 0.29) is 11.4 Å². The minimum absolute atomic E-state index is 0.286. The lowest BCUT2D eigenvalue weighted by Gasteiger charge is -2.09. The maximum atomic E-state index is 13.6. The first-order valence-corrected chi connectivity index (χ1v) is 12.3. The van der Waals surface area contributed by atoms with Crippen LogP contribution in [-0.2, 0) is 0 Å². The summed E-state index contributed by atoms with van der Waals surface area (Å²) in [4.78, 5) is 18.4. The number of ether oxygens (including phenoxy) is 1. The summed E-state index contributed by atoms with van der Waals surface area (Å²) in [6.07, 6.45) is 1.66. The van der Waals surface area contributed by atoms with E-state index in [0.717, 1.165) is 28.0 Å². The molecule has 8 nitrogen and oxygen atoms in total. The van der Waals surface area contributed by atoms with E-state index in [1.807, 2.05) is 62.4 Å². The fourth-order valence-electron chi connectivity index (χ4n) is 4.83. The molecule has 0 amide bonds. The van der Waals surface area contributed by atoms with Gasteiger partial charge >= 0.3 is 0 Å². The van der Waals surface area contributed by atoms with E-state index in [2.05, 4.69) is 15.7 Å². The molecule has 0 aliphatic carbocycles. The summed E-state index contributed by atoms with van der Waals surface area (Å²) in [5.74, 6) is 1.35. The Labute approximate surface area is 223 Å². The van der Waals surface area contributed by atoms with Crippen LogP contribution in [0, 0.1) is 25.2 Å². The second-order valence-electron chi connectivity index (χ2n) is 9.12. The molecule has 6 aromatic rings. The second kappa shape index (κ2) is 9.47. The van der Waals surface area contributed by atoms with Crippen LogP contribution in [0.3, 0.4) is 0 Å². The van der Waals surface area contributed by atoms with Crippen LogP contribution >= 0.6 is 0 Å². The van der Waals surface area contributed by atoms with Crippen molar-refractivity contribution in [2.45, 2.75) is 13.8 Å². The van der Waals surface area contributed by atoms with Crippen molar-refractivity contribution in [3.05, 3.63) is 112 Å². The largest absolute Gasteiger partial charge is 0.496 e. The Bertz CT molecular complexity index is 2000. The molecule has 0 radical (unpaired) electrons. The van der Waals surface area contributed by atoms with Crippen molar-refractivity contribution < 1.29 is 9.15 Å². The molecular weight excluding hydrogens is 490 g/mol. The van der Waals surface area contributed by atoms with Crippen LogP contribution in [0.4, 0.5) is 0 Å². The summed E-state index contributed by atoms with van der Waals surface area (Å²) < 4.78 is 15.0. The number of benzene rings is 3. The van der Waals surface area contributed by atoms with Crippen molar-refractivity contribution in [1.29, 1.82) is 5.26 Å². The van der Waals surface area contributed by atoms with Gasteiger partial charge in [-0.1, -0.05) is 18.2 Å². The monoisotopic (exact) mass is 513 g/mol. The zero-order valence-corrected chi connectivity index (χ0v) is 21.5. The fourth-order valence-corrected chi connectivity index (χ4v) is 4.83. The Morgan fingerprint density at radius 2 is 1.79 bits per heavy atom. The minimum Gasteiger partial charge on any atom is -0.496 e. The number of aromatic nitrogens is 3. The van der Waals surface area contributed by atoms with Gasteiger partial charge in [-0.05, 0) is 74.5 Å². The smallest absolute Gasteiger partial charge is 0.282 e. The molecule has 0 spiro atoms. The Morgan fingerprint density at radius 3 is 2.56 bits per heavy atom. The molecule has 3 heterocycles. The van der Waals surface area contributed by atoms with Crippen LogP contribution in [0.5, 0.6) is 5.75 Å². The molecule has 3 aromatic heterocycles. The standard InChI is InChI=1S/C31H23N5O3/c1-19-15-22(20(2)35(19)23-13-11-21(17-32)12-14-23)18-33-36-30(34-26-8-5-4-7-24(26)31(36)37)29-16-25-27(38-3)9-6-10-28(25)39-29/h4-16,18H,1-3H3. The molecule has 39 heavy (non-hydrogen) atoms. The highest BCUT2D eigenvalue weighted by atomic mass is 16.5. The van der Waals surface area contributed by atoms with E-state index < -0.39 is 0 Å². The molecule has 0 saturated carbocycles. The predicted octanol–water partition coefficient (Wildman–Crippen LogP) is 5.98. The van der Waals surface area contributed by atoms with Crippen LogP contribution in [0.1, 0.15) is 22.5 Å². The number of fused-ring (bicyclic) bond motifs is 2. The second-order valence-corrected chi connectivity index (χ2v) is 9.12. The summed E-state index contributed by atoms with van der Waals surface area (Å²) >= 11 is 0. The number of aryl methyl sites for hydroxylation is 1. The van der Waals surface area contributed by atoms with Crippen molar-refractivity contribution in [3.63, 3.8) is 0 Å². The fraction of sp³-hybridized carbons (Fsp3) is 0.0968. The van der Waals surface area contributed by atoms with E-state index in [4.69, 9.17) is 19.4 Å². The Morgan fingerprint density at radius 1 is 1.00 bits per heavy atom. The maximum Gasteiger partial charge on any atom is 0.282 e. The average Bonchev–Trinajstić information content (AvgIpc) is 3.52. The topological polar surface area (TPSA) is 98.3 Å². The lowest BCUT2D eigenvalue weighted by molar-refractivity contribution is 0.419. The minimum atomic E-state index is -0.305. The first kappa shape index (κ1) is 23.9. The molecule has 0 unspecified atom stereocenters. The lowest BCUT2D eigenvalue weighted by Crippen LogP contribution is -2.20. The zero-order valence-electron chi connectivity index (χ0n) is 21.5. The molecule has 0 aliphatic rings. The van der Waals surface area contributed by atoms with E-state index >= 15 is 0 Å². The molecule has 0 atom stereocenters. The number of methoxy groups -OCH3 is 1. The molecule has 0 N–H and O–H groups in total. The van der Waals surface area contributed by atoms with E-state index in [1.54, 1.807) is 43.7 Å². The Kier molecular flexibility index (Phi) is 5.81. The third-order valence-electron chi connectivity index (χ3n) is 6.75. The van der Waals surface area contributed by atoms with Crippen molar-refractivity contribution in [2.75, 3.05) is 7.11 Å². The highest BCUT2D eigenvalue weighted by Gasteiger charge is 2.18. The number of hydrogen-bond acceptors (Lipinski definition) is 6. The third kappa shape index (κ3) is 4.06. The molecule has 8 heteroatoms. The molecule has 0 bridgehead atoms. The predicted molar refractivity (Wildman–Crippen MR) is 151 cm³/mol. The lowest BCUT2D eigenvalue weighted by atomic mass is 10.2. The molecule has 0 saturated heterocycles. The molecular formula is C31H23N5O3. The van der Waals surface area contributed by atoms with E-state index in [0.29, 0.717) is 33.6 Å².